The van der Waals surface area contributed by atoms with Crippen LogP contribution < -0.4 is 22.1 Å². The van der Waals surface area contributed by atoms with Gasteiger partial charge in [-0.15, -0.1) is 0 Å². The summed E-state index contributed by atoms with van der Waals surface area (Å²) in [5.41, 5.74) is 10.8. The number of carbonyl (C=O) groups excluding carboxylic acids is 2. The molecule has 6 N–H and O–H groups in total. The van der Waals surface area contributed by atoms with Crippen LogP contribution in [0.4, 0.5) is 0 Å². The van der Waals surface area contributed by atoms with Crippen LogP contribution >= 0.6 is 0 Å². The molecule has 46 heavy (non-hydrogen) atoms. The molecule has 0 aliphatic heterocycles. The Morgan fingerprint density at radius 3 is 1.46 bits per heavy atom. The van der Waals surface area contributed by atoms with Gasteiger partial charge in [-0.1, -0.05) is 161 Å². The topological polar surface area (TPSA) is 123 Å². The number of nitrogens with one attached hydrogen (secondary N) is 2. The van der Waals surface area contributed by atoms with Crippen LogP contribution in [-0.2, 0) is 9.59 Å². The molecule has 270 valence electrons. The lowest BCUT2D eigenvalue weighted by atomic mass is 10.0. The van der Waals surface area contributed by atoms with Crippen molar-refractivity contribution in [3.8, 4) is 0 Å². The van der Waals surface area contributed by atoms with Crippen molar-refractivity contribution in [1.29, 1.82) is 0 Å². The number of aliphatic imine (C=N–C) groups is 1. The van der Waals surface area contributed by atoms with Crippen LogP contribution in [0.15, 0.2) is 17.1 Å². The first kappa shape index (κ1) is 44.1. The van der Waals surface area contributed by atoms with E-state index in [4.69, 9.17) is 11.5 Å². The van der Waals surface area contributed by atoms with Crippen LogP contribution in [0.25, 0.3) is 0 Å². The fraction of sp³-hybridized carbons (Fsp3) is 0.872. The van der Waals surface area contributed by atoms with E-state index < -0.39 is 5.91 Å². The number of nitrogens with two attached hydrogens (primary N) is 2. The van der Waals surface area contributed by atoms with Crippen molar-refractivity contribution in [3.63, 3.8) is 0 Å². The van der Waals surface area contributed by atoms with Crippen LogP contribution in [0.3, 0.4) is 0 Å². The number of hydrogen-bond donors (Lipinski definition) is 4. The summed E-state index contributed by atoms with van der Waals surface area (Å²) < 4.78 is 0. The quantitative estimate of drug-likeness (QED) is 0.0236. The number of allylic oxidation sites excluding steroid dienone is 2. The molecule has 7 heteroatoms. The first-order valence-corrected chi connectivity index (χ1v) is 19.8. The van der Waals surface area contributed by atoms with Crippen molar-refractivity contribution in [3.05, 3.63) is 12.2 Å². The molecule has 0 saturated carbocycles. The molecule has 0 aromatic rings. The maximum absolute atomic E-state index is 12.6. The number of rotatable bonds is 35. The Bertz CT molecular complexity index is 736. The third kappa shape index (κ3) is 35.0. The van der Waals surface area contributed by atoms with E-state index in [9.17, 15) is 9.59 Å². The van der Waals surface area contributed by atoms with Crippen LogP contribution in [0, 0.1) is 0 Å². The minimum atomic E-state index is -0.399. The van der Waals surface area contributed by atoms with Gasteiger partial charge in [0, 0.05) is 13.0 Å². The van der Waals surface area contributed by atoms with Crippen LogP contribution in [0.2, 0.25) is 0 Å². The van der Waals surface area contributed by atoms with Gasteiger partial charge in [0.2, 0.25) is 5.91 Å². The fourth-order valence-corrected chi connectivity index (χ4v) is 5.95. The fourth-order valence-electron chi connectivity index (χ4n) is 5.95. The van der Waals surface area contributed by atoms with Gasteiger partial charge in [-0.05, 0) is 45.1 Å². The van der Waals surface area contributed by atoms with E-state index >= 15 is 0 Å². The number of carbonyl (C=O) groups is 2. The number of amides is 2. The molecule has 7 nitrogen and oxygen atoms in total. The van der Waals surface area contributed by atoms with Gasteiger partial charge in [0.25, 0.3) is 5.91 Å². The van der Waals surface area contributed by atoms with Crippen molar-refractivity contribution in [1.82, 2.24) is 10.6 Å². The summed E-state index contributed by atoms with van der Waals surface area (Å²) in [6.45, 7) is 5.97. The zero-order valence-corrected chi connectivity index (χ0v) is 30.6. The third-order valence-electron chi connectivity index (χ3n) is 8.80. The minimum Gasteiger partial charge on any atom is -0.370 e. The molecule has 0 radical (unpaired) electrons. The molecule has 0 aliphatic rings. The number of unbranched alkanes of at least 4 members (excludes halogenated alkanes) is 24. The third-order valence-corrected chi connectivity index (χ3v) is 8.80. The Morgan fingerprint density at radius 2 is 1.00 bits per heavy atom. The zero-order chi connectivity index (χ0) is 33.8. The first-order valence-electron chi connectivity index (χ1n) is 19.8. The largest absolute Gasteiger partial charge is 0.370 e. The number of hydrogen-bond acceptors (Lipinski definition) is 3. The number of nitrogens with zero attached hydrogens (tertiary/aromatic N) is 1. The van der Waals surface area contributed by atoms with Crippen molar-refractivity contribution in [2.75, 3.05) is 13.1 Å². The molecule has 0 saturated heterocycles. The molecular formula is C39H77N5O2. The molecule has 1 atom stereocenters. The SMILES string of the molecule is CCCCCCCCC=CCCCCCCCC(=O)NC(CNCCCCCCCCCCCCCCCC)CC(=O)N=C(N)N. The van der Waals surface area contributed by atoms with Gasteiger partial charge in [-0.2, -0.15) is 4.99 Å². The summed E-state index contributed by atoms with van der Waals surface area (Å²) in [5.74, 6) is -0.637. The lowest BCUT2D eigenvalue weighted by Crippen LogP contribution is -2.43. The Labute approximate surface area is 285 Å². The van der Waals surface area contributed by atoms with Gasteiger partial charge >= 0.3 is 0 Å². The van der Waals surface area contributed by atoms with Crippen molar-refractivity contribution in [2.24, 2.45) is 16.5 Å². The van der Waals surface area contributed by atoms with Gasteiger partial charge in [0.1, 0.15) is 0 Å². The average molecular weight is 648 g/mol. The van der Waals surface area contributed by atoms with Crippen LogP contribution in [0.5, 0.6) is 0 Å². The Balaban J connectivity index is 3.93. The Hall–Kier alpha value is -1.89. The van der Waals surface area contributed by atoms with Gasteiger partial charge in [-0.25, -0.2) is 0 Å². The molecular weight excluding hydrogens is 570 g/mol. The Morgan fingerprint density at radius 1 is 0.587 bits per heavy atom. The van der Waals surface area contributed by atoms with Crippen molar-refractivity contribution in [2.45, 2.75) is 206 Å². The van der Waals surface area contributed by atoms with E-state index in [2.05, 4.69) is 41.6 Å². The van der Waals surface area contributed by atoms with Crippen LogP contribution in [-0.4, -0.2) is 36.9 Å². The maximum Gasteiger partial charge on any atom is 0.250 e. The summed E-state index contributed by atoms with van der Waals surface area (Å²) >= 11 is 0. The predicted octanol–water partition coefficient (Wildman–Crippen LogP) is 9.77. The molecule has 0 spiro atoms. The first-order chi connectivity index (χ1) is 22.5. The molecule has 0 aromatic heterocycles. The summed E-state index contributed by atoms with van der Waals surface area (Å²) in [6, 6.07) is -0.308. The van der Waals surface area contributed by atoms with Gasteiger partial charge in [-0.3, -0.25) is 9.59 Å². The molecule has 0 rings (SSSR count). The second-order valence-electron chi connectivity index (χ2n) is 13.5. The normalized spacial score (nSPS) is 12.0. The molecule has 0 bridgehead atoms. The van der Waals surface area contributed by atoms with Gasteiger partial charge in [0.15, 0.2) is 5.96 Å². The predicted molar refractivity (Wildman–Crippen MR) is 200 cm³/mol. The van der Waals surface area contributed by atoms with E-state index in [0.29, 0.717) is 13.0 Å². The minimum absolute atomic E-state index is 0.00146. The summed E-state index contributed by atoms with van der Waals surface area (Å²) in [5, 5.41) is 6.47. The van der Waals surface area contributed by atoms with E-state index in [1.165, 1.54) is 141 Å². The standard InChI is InChI=1S/C39H77N5O2/c1-3-5-7-9-11-13-15-17-19-20-22-24-26-28-30-32-37(45)43-36(34-38(46)44-39(40)41)35-42-33-31-29-27-25-23-21-18-16-14-12-10-8-6-4-2/h17,19,36,42H,3-16,18,20-35H2,1-2H3,(H,43,45)(H4,40,41,44,46). The van der Waals surface area contributed by atoms with Gasteiger partial charge in [0.05, 0.1) is 12.5 Å². The molecule has 1 unspecified atom stereocenters. The highest BCUT2D eigenvalue weighted by molar-refractivity contribution is 5.91. The van der Waals surface area contributed by atoms with Crippen LogP contribution in [0.1, 0.15) is 200 Å². The van der Waals surface area contributed by atoms with E-state index in [-0.39, 0.29) is 24.3 Å². The van der Waals surface area contributed by atoms with Crippen molar-refractivity contribution < 1.29 is 9.59 Å². The molecule has 0 aromatic carbocycles. The highest BCUT2D eigenvalue weighted by Crippen LogP contribution is 2.13. The lowest BCUT2D eigenvalue weighted by Gasteiger charge is -2.18. The van der Waals surface area contributed by atoms with Gasteiger partial charge < -0.3 is 22.1 Å². The average Bonchev–Trinajstić information content (AvgIpc) is 3.02. The second kappa shape index (κ2) is 36.0. The Kier molecular flexibility index (Phi) is 34.5. The maximum atomic E-state index is 12.6. The smallest absolute Gasteiger partial charge is 0.250 e. The van der Waals surface area contributed by atoms with E-state index in [1.54, 1.807) is 0 Å². The van der Waals surface area contributed by atoms with E-state index in [0.717, 1.165) is 38.6 Å². The molecule has 0 heterocycles. The zero-order valence-electron chi connectivity index (χ0n) is 30.6. The summed E-state index contributed by atoms with van der Waals surface area (Å²) in [7, 11) is 0. The molecule has 0 aliphatic carbocycles. The van der Waals surface area contributed by atoms with E-state index in [1.807, 2.05) is 0 Å². The molecule has 0 fully saturated rings. The summed E-state index contributed by atoms with van der Waals surface area (Å²) in [4.78, 5) is 28.5. The monoisotopic (exact) mass is 648 g/mol. The summed E-state index contributed by atoms with van der Waals surface area (Å²) in [6.07, 6.45) is 40.1. The second-order valence-corrected chi connectivity index (χ2v) is 13.5. The highest BCUT2D eigenvalue weighted by Gasteiger charge is 2.16. The lowest BCUT2D eigenvalue weighted by molar-refractivity contribution is -0.122. The highest BCUT2D eigenvalue weighted by atomic mass is 16.2. The molecule has 2 amide bonds. The van der Waals surface area contributed by atoms with Crippen molar-refractivity contribution >= 4 is 17.8 Å². The number of guanidine groups is 1.